The average molecular weight is 275 g/mol. The van der Waals surface area contributed by atoms with Crippen LogP contribution in [-0.2, 0) is 0 Å². The number of rotatable bonds is 4. The van der Waals surface area contributed by atoms with Gasteiger partial charge < -0.3 is 5.73 Å². The lowest BCUT2D eigenvalue weighted by Crippen LogP contribution is -1.97. The average Bonchev–Trinajstić information content (AvgIpc) is 2.16. The predicted molar refractivity (Wildman–Crippen MR) is 66.5 cm³/mol. The Kier molecular flexibility index (Phi) is 4.75. The molecule has 0 fully saturated rings. The largest absolute Gasteiger partial charge is 0.397 e. The summed E-state index contributed by atoms with van der Waals surface area (Å²) in [5, 5.41) is 0. The van der Waals surface area contributed by atoms with Crippen molar-refractivity contribution < 1.29 is 0 Å². The molecule has 0 aromatic carbocycles. The second-order valence-electron chi connectivity index (χ2n) is 3.36. The van der Waals surface area contributed by atoms with Crippen molar-refractivity contribution in [3.8, 4) is 0 Å². The minimum atomic E-state index is 0.722. The monoisotopic (exact) mass is 274 g/mol. The maximum atomic E-state index is 5.84. The Labute approximate surface area is 97.8 Å². The highest BCUT2D eigenvalue weighted by atomic mass is 79.9. The fourth-order valence-electron chi connectivity index (χ4n) is 0.934. The number of anilines is 1. The molecule has 1 aromatic rings. The van der Waals surface area contributed by atoms with E-state index in [0.717, 1.165) is 26.7 Å². The van der Waals surface area contributed by atoms with E-state index in [4.69, 9.17) is 5.73 Å². The molecule has 0 saturated heterocycles. The molecule has 1 atom stereocenters. The van der Waals surface area contributed by atoms with Crippen LogP contribution in [-0.4, -0.2) is 10.7 Å². The summed E-state index contributed by atoms with van der Waals surface area (Å²) in [7, 11) is 0. The smallest absolute Gasteiger partial charge is 0.0650 e. The van der Waals surface area contributed by atoms with Crippen molar-refractivity contribution in [2.45, 2.75) is 25.2 Å². The van der Waals surface area contributed by atoms with Gasteiger partial charge in [0.25, 0.3) is 0 Å². The molecular weight excluding hydrogens is 260 g/mol. The van der Waals surface area contributed by atoms with Crippen molar-refractivity contribution in [2.24, 2.45) is 5.92 Å². The zero-order valence-corrected chi connectivity index (χ0v) is 10.9. The molecule has 0 aliphatic heterocycles. The van der Waals surface area contributed by atoms with Crippen LogP contribution in [0.5, 0.6) is 0 Å². The lowest BCUT2D eigenvalue weighted by molar-refractivity contribution is 0.637. The van der Waals surface area contributed by atoms with E-state index in [9.17, 15) is 0 Å². The summed E-state index contributed by atoms with van der Waals surface area (Å²) in [4.78, 5) is 5.12. The van der Waals surface area contributed by atoms with E-state index in [2.05, 4.69) is 34.8 Å². The first kappa shape index (κ1) is 11.9. The van der Waals surface area contributed by atoms with Crippen LogP contribution < -0.4 is 5.73 Å². The third-order valence-electron chi connectivity index (χ3n) is 2.09. The lowest BCUT2D eigenvalue weighted by atomic mass is 10.2. The molecule has 0 aliphatic rings. The normalized spacial score (nSPS) is 12.8. The second kappa shape index (κ2) is 5.61. The molecule has 1 heterocycles. The number of hydrogen-bond donors (Lipinski definition) is 1. The molecular formula is C10H15BrN2S. The van der Waals surface area contributed by atoms with E-state index < -0.39 is 0 Å². The van der Waals surface area contributed by atoms with Gasteiger partial charge in [-0.05, 0) is 21.8 Å². The van der Waals surface area contributed by atoms with Crippen molar-refractivity contribution in [1.29, 1.82) is 0 Å². The van der Waals surface area contributed by atoms with E-state index in [1.54, 1.807) is 24.2 Å². The summed E-state index contributed by atoms with van der Waals surface area (Å²) in [6.45, 7) is 4.45. The summed E-state index contributed by atoms with van der Waals surface area (Å²) in [5.74, 6) is 1.82. The minimum Gasteiger partial charge on any atom is -0.397 e. The van der Waals surface area contributed by atoms with Crippen LogP contribution in [0.1, 0.15) is 20.3 Å². The fraction of sp³-hybridized carbons (Fsp3) is 0.500. The molecule has 0 aliphatic carbocycles. The molecule has 4 heteroatoms. The summed E-state index contributed by atoms with van der Waals surface area (Å²) >= 11 is 5.25. The first-order valence-corrected chi connectivity index (χ1v) is 6.44. The van der Waals surface area contributed by atoms with Crippen LogP contribution in [0, 0.1) is 5.92 Å². The van der Waals surface area contributed by atoms with Gasteiger partial charge in [-0.3, -0.25) is 4.98 Å². The van der Waals surface area contributed by atoms with Crippen molar-refractivity contribution in [1.82, 2.24) is 4.98 Å². The zero-order valence-electron chi connectivity index (χ0n) is 8.46. The Morgan fingerprint density at radius 3 is 2.86 bits per heavy atom. The molecule has 0 bridgehead atoms. The Morgan fingerprint density at radius 1 is 1.57 bits per heavy atom. The van der Waals surface area contributed by atoms with Gasteiger partial charge in [0.1, 0.15) is 0 Å². The van der Waals surface area contributed by atoms with Crippen molar-refractivity contribution in [3.05, 3.63) is 16.9 Å². The van der Waals surface area contributed by atoms with Crippen molar-refractivity contribution in [3.63, 3.8) is 0 Å². The van der Waals surface area contributed by atoms with Gasteiger partial charge in [0.05, 0.1) is 16.4 Å². The highest BCUT2D eigenvalue weighted by molar-refractivity contribution is 9.10. The van der Waals surface area contributed by atoms with Gasteiger partial charge in [-0.25, -0.2) is 0 Å². The van der Waals surface area contributed by atoms with Gasteiger partial charge in [0.2, 0.25) is 0 Å². The van der Waals surface area contributed by atoms with E-state index in [0.29, 0.717) is 0 Å². The summed E-state index contributed by atoms with van der Waals surface area (Å²) in [5.41, 5.74) is 6.59. The lowest BCUT2D eigenvalue weighted by Gasteiger charge is -2.10. The minimum absolute atomic E-state index is 0.722. The van der Waals surface area contributed by atoms with Crippen LogP contribution in [0.25, 0.3) is 0 Å². The zero-order chi connectivity index (χ0) is 10.6. The Bertz CT molecular complexity index is 284. The first-order chi connectivity index (χ1) is 6.65. The van der Waals surface area contributed by atoms with E-state index in [1.165, 1.54) is 6.42 Å². The number of hydrogen-bond acceptors (Lipinski definition) is 3. The molecule has 0 saturated carbocycles. The molecule has 78 valence electrons. The molecule has 2 N–H and O–H groups in total. The summed E-state index contributed by atoms with van der Waals surface area (Å²) in [6.07, 6.45) is 4.69. The van der Waals surface area contributed by atoms with Crippen LogP contribution in [0.3, 0.4) is 0 Å². The van der Waals surface area contributed by atoms with Crippen LogP contribution >= 0.6 is 27.7 Å². The maximum Gasteiger partial charge on any atom is 0.0650 e. The van der Waals surface area contributed by atoms with Gasteiger partial charge in [-0.1, -0.05) is 20.3 Å². The molecule has 1 aromatic heterocycles. The van der Waals surface area contributed by atoms with E-state index in [-0.39, 0.29) is 0 Å². The Hall–Kier alpha value is -0.220. The SMILES string of the molecule is CCC(C)CSc1c(N)cncc1Br. The van der Waals surface area contributed by atoms with Gasteiger partial charge in [-0.15, -0.1) is 11.8 Å². The van der Waals surface area contributed by atoms with Crippen molar-refractivity contribution in [2.75, 3.05) is 11.5 Å². The van der Waals surface area contributed by atoms with Gasteiger partial charge in [0.15, 0.2) is 0 Å². The number of halogens is 1. The molecule has 0 spiro atoms. The highest BCUT2D eigenvalue weighted by Gasteiger charge is 2.07. The highest BCUT2D eigenvalue weighted by Crippen LogP contribution is 2.33. The van der Waals surface area contributed by atoms with Crippen LogP contribution in [0.15, 0.2) is 21.8 Å². The van der Waals surface area contributed by atoms with Gasteiger partial charge in [-0.2, -0.15) is 0 Å². The topological polar surface area (TPSA) is 38.9 Å². The molecule has 1 rings (SSSR count). The third kappa shape index (κ3) is 3.17. The predicted octanol–water partition coefficient (Wildman–Crippen LogP) is 3.56. The van der Waals surface area contributed by atoms with E-state index in [1.807, 2.05) is 0 Å². The quantitative estimate of drug-likeness (QED) is 0.854. The number of thioether (sulfide) groups is 1. The number of aromatic nitrogens is 1. The Balaban J connectivity index is 2.66. The van der Waals surface area contributed by atoms with Crippen molar-refractivity contribution >= 4 is 33.4 Å². The van der Waals surface area contributed by atoms with E-state index >= 15 is 0 Å². The van der Waals surface area contributed by atoms with Crippen LogP contribution in [0.2, 0.25) is 0 Å². The summed E-state index contributed by atoms with van der Waals surface area (Å²) < 4.78 is 0.991. The molecule has 2 nitrogen and oxygen atoms in total. The first-order valence-electron chi connectivity index (χ1n) is 4.67. The molecule has 1 unspecified atom stereocenters. The standard InChI is InChI=1S/C10H15BrN2S/c1-3-7(2)6-14-10-8(11)4-13-5-9(10)12/h4-5,7H,3,6,12H2,1-2H3. The van der Waals surface area contributed by atoms with Gasteiger partial charge in [0, 0.05) is 16.8 Å². The second-order valence-corrected chi connectivity index (χ2v) is 5.25. The number of nitrogens with two attached hydrogens (primary N) is 1. The summed E-state index contributed by atoms with van der Waals surface area (Å²) in [6, 6.07) is 0. The number of pyridine rings is 1. The Morgan fingerprint density at radius 2 is 2.29 bits per heavy atom. The molecule has 0 radical (unpaired) electrons. The maximum absolute atomic E-state index is 5.84. The number of nitrogens with zero attached hydrogens (tertiary/aromatic N) is 1. The van der Waals surface area contributed by atoms with Gasteiger partial charge >= 0.3 is 0 Å². The van der Waals surface area contributed by atoms with Crippen LogP contribution in [0.4, 0.5) is 5.69 Å². The molecule has 0 amide bonds. The fourth-order valence-corrected chi connectivity index (χ4v) is 2.72. The third-order valence-corrected chi connectivity index (χ3v) is 4.43. The number of nitrogen functional groups attached to an aromatic ring is 1. The molecule has 14 heavy (non-hydrogen) atoms.